The molecular weight excluding hydrogens is 354 g/mol. The fraction of sp³-hybridized carbons (Fsp3) is 0.273. The summed E-state index contributed by atoms with van der Waals surface area (Å²) in [6.07, 6.45) is -0.00557. The van der Waals surface area contributed by atoms with Crippen molar-refractivity contribution in [1.29, 1.82) is 0 Å². The number of nitrogens with zero attached hydrogens (tertiary/aromatic N) is 2. The van der Waals surface area contributed by atoms with Crippen LogP contribution in [0.1, 0.15) is 12.5 Å². The minimum atomic E-state index is -0.188. The van der Waals surface area contributed by atoms with E-state index < -0.39 is 0 Å². The maximum absolute atomic E-state index is 13.1. The number of nitrogens with one attached hydrogen (secondary N) is 1. The summed E-state index contributed by atoms with van der Waals surface area (Å²) >= 11 is 0. The zero-order valence-corrected chi connectivity index (χ0v) is 16.7. The van der Waals surface area contributed by atoms with Crippen LogP contribution < -0.4 is 20.5 Å². The maximum atomic E-state index is 13.1. The predicted octanol–water partition coefficient (Wildman–Crippen LogP) is 3.18. The van der Waals surface area contributed by atoms with Gasteiger partial charge in [0.1, 0.15) is 5.75 Å². The second kappa shape index (κ2) is 8.17. The number of likely N-dealkylation sites (N-methyl/N-ethyl adjacent to an activating group) is 1. The van der Waals surface area contributed by atoms with Crippen LogP contribution in [0.2, 0.25) is 0 Å². The van der Waals surface area contributed by atoms with E-state index >= 15 is 0 Å². The molecule has 28 heavy (non-hydrogen) atoms. The molecule has 0 unspecified atom stereocenters. The zero-order valence-electron chi connectivity index (χ0n) is 16.7. The minimum Gasteiger partial charge on any atom is -0.496 e. The smallest absolute Gasteiger partial charge is 0.256 e. The normalized spacial score (nSPS) is 10.7. The molecule has 0 aliphatic heterocycles. The lowest BCUT2D eigenvalue weighted by Crippen LogP contribution is -2.32. The molecule has 1 N–H and O–H groups in total. The van der Waals surface area contributed by atoms with E-state index in [2.05, 4.69) is 5.32 Å². The lowest BCUT2D eigenvalue weighted by molar-refractivity contribution is -0.117. The highest BCUT2D eigenvalue weighted by molar-refractivity contribution is 6.01. The number of methoxy groups -OCH3 is 1. The predicted molar refractivity (Wildman–Crippen MR) is 113 cm³/mol. The molecule has 2 aromatic carbocycles. The number of benzene rings is 2. The average Bonchev–Trinajstić information content (AvgIpc) is 2.73. The Morgan fingerprint density at radius 1 is 1.14 bits per heavy atom. The molecule has 0 atom stereocenters. The molecule has 0 radical (unpaired) electrons. The first-order chi connectivity index (χ1) is 13.5. The van der Waals surface area contributed by atoms with Crippen molar-refractivity contribution in [3.8, 4) is 5.75 Å². The van der Waals surface area contributed by atoms with Gasteiger partial charge in [-0.05, 0) is 31.2 Å². The molecule has 3 aromatic rings. The highest BCUT2D eigenvalue weighted by Gasteiger charge is 2.22. The Balaban J connectivity index is 2.14. The number of aromatic nitrogens is 1. The summed E-state index contributed by atoms with van der Waals surface area (Å²) in [7, 11) is 5.04. The van der Waals surface area contributed by atoms with Gasteiger partial charge in [-0.3, -0.25) is 9.59 Å². The van der Waals surface area contributed by atoms with Gasteiger partial charge in [0.2, 0.25) is 5.91 Å². The van der Waals surface area contributed by atoms with Gasteiger partial charge < -0.3 is 19.5 Å². The van der Waals surface area contributed by atoms with Crippen molar-refractivity contribution in [2.75, 3.05) is 30.9 Å². The summed E-state index contributed by atoms with van der Waals surface area (Å²) < 4.78 is 7.11. The van der Waals surface area contributed by atoms with Crippen LogP contribution in [0.5, 0.6) is 5.75 Å². The molecule has 146 valence electrons. The van der Waals surface area contributed by atoms with Gasteiger partial charge in [-0.25, -0.2) is 0 Å². The Kier molecular flexibility index (Phi) is 5.68. The molecule has 1 amide bonds. The van der Waals surface area contributed by atoms with Gasteiger partial charge in [-0.1, -0.05) is 24.3 Å². The van der Waals surface area contributed by atoms with Crippen LogP contribution in [-0.2, 0) is 18.3 Å². The molecule has 0 aliphatic carbocycles. The second-order valence-electron chi connectivity index (χ2n) is 6.57. The number of pyridine rings is 1. The van der Waals surface area contributed by atoms with Gasteiger partial charge in [0.15, 0.2) is 0 Å². The molecule has 1 aromatic heterocycles. The number of fused-ring (bicyclic) bond motifs is 1. The molecule has 0 bridgehead atoms. The van der Waals surface area contributed by atoms with Crippen LogP contribution in [-0.4, -0.2) is 31.2 Å². The number of aryl methyl sites for hydroxylation is 1. The zero-order chi connectivity index (χ0) is 20.3. The fourth-order valence-corrected chi connectivity index (χ4v) is 3.39. The molecule has 0 aliphatic rings. The topological polar surface area (TPSA) is 63.6 Å². The third-order valence-corrected chi connectivity index (χ3v) is 4.90. The van der Waals surface area contributed by atoms with Crippen molar-refractivity contribution in [3.05, 3.63) is 64.4 Å². The molecule has 6 nitrogen and oxygen atoms in total. The van der Waals surface area contributed by atoms with Crippen LogP contribution >= 0.6 is 0 Å². The standard InChI is InChI=1S/C22H25N3O3/c1-5-23-21-16(14-19(26)24(2)15-10-7-6-8-11-15)22(27)25(3)17-12-9-13-18(28-4)20(17)21/h6-13,23H,5,14H2,1-4H3. The average molecular weight is 379 g/mol. The molecule has 0 saturated carbocycles. The summed E-state index contributed by atoms with van der Waals surface area (Å²) in [5.41, 5.74) is 2.45. The number of hydrogen-bond donors (Lipinski definition) is 1. The Bertz CT molecular complexity index is 1060. The van der Waals surface area contributed by atoms with Crippen molar-refractivity contribution < 1.29 is 9.53 Å². The summed E-state index contributed by atoms with van der Waals surface area (Å²) in [5.74, 6) is 0.505. The largest absolute Gasteiger partial charge is 0.496 e. The monoisotopic (exact) mass is 379 g/mol. The summed E-state index contributed by atoms with van der Waals surface area (Å²) in [6.45, 7) is 2.58. The third kappa shape index (κ3) is 3.45. The van der Waals surface area contributed by atoms with Crippen molar-refractivity contribution in [3.63, 3.8) is 0 Å². The van der Waals surface area contributed by atoms with E-state index in [0.717, 1.165) is 16.6 Å². The third-order valence-electron chi connectivity index (χ3n) is 4.90. The van der Waals surface area contributed by atoms with Crippen molar-refractivity contribution >= 4 is 28.2 Å². The summed E-state index contributed by atoms with van der Waals surface area (Å²) in [5, 5.41) is 4.09. The van der Waals surface area contributed by atoms with Crippen LogP contribution in [0.25, 0.3) is 10.9 Å². The number of carbonyl (C=O) groups is 1. The van der Waals surface area contributed by atoms with Crippen LogP contribution in [0.15, 0.2) is 53.3 Å². The van der Waals surface area contributed by atoms with Gasteiger partial charge in [0.05, 0.1) is 35.7 Å². The van der Waals surface area contributed by atoms with Crippen molar-refractivity contribution in [2.24, 2.45) is 7.05 Å². The Labute approximate surface area is 164 Å². The number of carbonyl (C=O) groups excluding carboxylic acids is 1. The lowest BCUT2D eigenvalue weighted by Gasteiger charge is -2.21. The number of hydrogen-bond acceptors (Lipinski definition) is 4. The van der Waals surface area contributed by atoms with Gasteiger partial charge in [0, 0.05) is 26.3 Å². The van der Waals surface area contributed by atoms with E-state index in [1.165, 1.54) is 0 Å². The van der Waals surface area contributed by atoms with E-state index in [-0.39, 0.29) is 17.9 Å². The quantitative estimate of drug-likeness (QED) is 0.714. The fourth-order valence-electron chi connectivity index (χ4n) is 3.39. The molecule has 6 heteroatoms. The lowest BCUT2D eigenvalue weighted by atomic mass is 10.0. The first-order valence-electron chi connectivity index (χ1n) is 9.23. The van der Waals surface area contributed by atoms with E-state index in [9.17, 15) is 9.59 Å². The Hall–Kier alpha value is -3.28. The molecule has 1 heterocycles. The highest BCUT2D eigenvalue weighted by atomic mass is 16.5. The molecule has 0 fully saturated rings. The van der Waals surface area contributed by atoms with E-state index in [1.54, 1.807) is 30.7 Å². The van der Waals surface area contributed by atoms with Crippen LogP contribution in [0.3, 0.4) is 0 Å². The molecule has 0 spiro atoms. The number of rotatable bonds is 6. The molecule has 0 saturated heterocycles. The highest BCUT2D eigenvalue weighted by Crippen LogP contribution is 2.33. The number of para-hydroxylation sites is 1. The first kappa shape index (κ1) is 19.5. The summed E-state index contributed by atoms with van der Waals surface area (Å²) in [6, 6.07) is 15.0. The van der Waals surface area contributed by atoms with E-state index in [1.807, 2.05) is 55.5 Å². The van der Waals surface area contributed by atoms with Crippen molar-refractivity contribution in [2.45, 2.75) is 13.3 Å². The van der Waals surface area contributed by atoms with Crippen LogP contribution in [0.4, 0.5) is 11.4 Å². The second-order valence-corrected chi connectivity index (χ2v) is 6.57. The van der Waals surface area contributed by atoms with Crippen LogP contribution in [0, 0.1) is 0 Å². The minimum absolute atomic E-state index is 0.00557. The Morgan fingerprint density at radius 3 is 2.50 bits per heavy atom. The van der Waals surface area contributed by atoms with Gasteiger partial charge in [0.25, 0.3) is 5.56 Å². The number of ether oxygens (including phenoxy) is 1. The van der Waals surface area contributed by atoms with Gasteiger partial charge >= 0.3 is 0 Å². The van der Waals surface area contributed by atoms with E-state index in [4.69, 9.17) is 4.74 Å². The molecular formula is C22H25N3O3. The Morgan fingerprint density at radius 2 is 1.86 bits per heavy atom. The van der Waals surface area contributed by atoms with E-state index in [0.29, 0.717) is 23.5 Å². The first-order valence-corrected chi connectivity index (χ1v) is 9.23. The summed E-state index contributed by atoms with van der Waals surface area (Å²) in [4.78, 5) is 27.6. The van der Waals surface area contributed by atoms with Gasteiger partial charge in [-0.2, -0.15) is 0 Å². The number of amides is 1. The van der Waals surface area contributed by atoms with Gasteiger partial charge in [-0.15, -0.1) is 0 Å². The maximum Gasteiger partial charge on any atom is 0.256 e. The molecule has 3 rings (SSSR count). The number of anilines is 2. The SMILES string of the molecule is CCNc1c(CC(=O)N(C)c2ccccc2)c(=O)n(C)c2cccc(OC)c12. The van der Waals surface area contributed by atoms with Crippen molar-refractivity contribution in [1.82, 2.24) is 4.57 Å².